The highest BCUT2D eigenvalue weighted by Crippen LogP contribution is 2.38. The van der Waals surface area contributed by atoms with Gasteiger partial charge in [-0.05, 0) is 43.1 Å². The van der Waals surface area contributed by atoms with Crippen LogP contribution in [0.5, 0.6) is 0 Å². The van der Waals surface area contributed by atoms with Crippen molar-refractivity contribution in [2.24, 2.45) is 22.9 Å². The van der Waals surface area contributed by atoms with Crippen LogP contribution >= 0.6 is 0 Å². The number of carbonyl (C=O) groups is 1. The summed E-state index contributed by atoms with van der Waals surface area (Å²) in [4.78, 5) is 14.1. The zero-order valence-corrected chi connectivity index (χ0v) is 18.3. The number of aliphatic hydroxyl groups is 2. The number of azide groups is 1. The average Bonchev–Trinajstić information content (AvgIpc) is 3.02. The van der Waals surface area contributed by atoms with E-state index in [4.69, 9.17) is 5.53 Å². The van der Waals surface area contributed by atoms with Gasteiger partial charge in [-0.15, -0.1) is 11.8 Å². The molecule has 1 aliphatic rings. The van der Waals surface area contributed by atoms with Gasteiger partial charge in [0.1, 0.15) is 0 Å². The second-order valence-electron chi connectivity index (χ2n) is 7.76. The van der Waals surface area contributed by atoms with Gasteiger partial charge in [0.15, 0.2) is 0 Å². The number of allylic oxidation sites excluding steroid dienone is 2. The van der Waals surface area contributed by atoms with Crippen LogP contribution in [0.3, 0.4) is 0 Å². The number of nitrogens with zero attached hydrogens (tertiary/aromatic N) is 3. The van der Waals surface area contributed by atoms with Gasteiger partial charge < -0.3 is 14.9 Å². The van der Waals surface area contributed by atoms with Crippen molar-refractivity contribution in [2.45, 2.75) is 77.0 Å². The Morgan fingerprint density at radius 2 is 2.17 bits per heavy atom. The zero-order valence-electron chi connectivity index (χ0n) is 18.3. The molecule has 1 saturated carbocycles. The van der Waals surface area contributed by atoms with Crippen LogP contribution < -0.4 is 0 Å². The summed E-state index contributed by atoms with van der Waals surface area (Å²) in [5.74, 6) is 5.62. The lowest BCUT2D eigenvalue weighted by Gasteiger charge is -2.21. The molecule has 7 heteroatoms. The third-order valence-corrected chi connectivity index (χ3v) is 5.51. The number of hydrogen-bond donors (Lipinski definition) is 2. The molecule has 30 heavy (non-hydrogen) atoms. The summed E-state index contributed by atoms with van der Waals surface area (Å²) < 4.78 is 4.62. The van der Waals surface area contributed by atoms with E-state index in [2.05, 4.69) is 26.6 Å². The maximum absolute atomic E-state index is 11.1. The Hall–Kier alpha value is -2.26. The summed E-state index contributed by atoms with van der Waals surface area (Å²) >= 11 is 0. The van der Waals surface area contributed by atoms with Crippen molar-refractivity contribution < 1.29 is 19.7 Å². The molecule has 0 bridgehead atoms. The molecular weight excluding hydrogens is 382 g/mol. The maximum Gasteiger partial charge on any atom is 0.305 e. The molecule has 6 atom stereocenters. The second-order valence-corrected chi connectivity index (χ2v) is 7.76. The Morgan fingerprint density at radius 1 is 1.40 bits per heavy atom. The minimum Gasteiger partial charge on any atom is -0.469 e. The van der Waals surface area contributed by atoms with E-state index in [1.165, 1.54) is 7.11 Å². The normalized spacial score (nSPS) is 25.5. The number of methoxy groups -OCH3 is 1. The molecule has 1 rings (SSSR count). The zero-order chi connectivity index (χ0) is 22.4. The molecular formula is C23H35N3O4. The Morgan fingerprint density at radius 3 is 2.83 bits per heavy atom. The Labute approximate surface area is 179 Å². The minimum absolute atomic E-state index is 0.0000660. The van der Waals surface area contributed by atoms with Crippen LogP contribution in [0.15, 0.2) is 29.4 Å². The minimum atomic E-state index is -0.642. The summed E-state index contributed by atoms with van der Waals surface area (Å²) in [5, 5.41) is 24.8. The largest absolute Gasteiger partial charge is 0.469 e. The van der Waals surface area contributed by atoms with Gasteiger partial charge in [0.25, 0.3) is 0 Å². The summed E-state index contributed by atoms with van der Waals surface area (Å²) in [6.07, 6.45) is 10.7. The first-order valence-electron chi connectivity index (χ1n) is 10.7. The van der Waals surface area contributed by atoms with E-state index >= 15 is 0 Å². The highest BCUT2D eigenvalue weighted by molar-refractivity contribution is 5.69. The fourth-order valence-electron chi connectivity index (χ4n) is 3.65. The standard InChI is InChI=1S/C23H35N3O4/c1-4-5-8-11-17(2)21(27)15-14-19-18(20(25-26-24)16-22(19)28)12-9-6-7-10-13-23(29)30-3/h6,9,14-15,17-22,27-28H,4,7,10-13,16H2,1-3H3/t17?,18-,19-,20+,21-,22-/m1/s1. The fraction of sp³-hybridized carbons (Fsp3) is 0.696. The van der Waals surface area contributed by atoms with Gasteiger partial charge in [-0.2, -0.15) is 0 Å². The molecule has 0 radical (unpaired) electrons. The summed E-state index contributed by atoms with van der Waals surface area (Å²) in [7, 11) is 1.38. The van der Waals surface area contributed by atoms with Crippen LogP contribution in [-0.2, 0) is 9.53 Å². The van der Waals surface area contributed by atoms with Crippen molar-refractivity contribution in [2.75, 3.05) is 7.11 Å². The SMILES string of the molecule is CCC#CCC(C)[C@H](O)C=C[C@@H]1[C@@H](CC=CCCCC(=O)OC)[C@@H](N=[N+]=[N-])C[C@H]1O. The predicted octanol–water partition coefficient (Wildman–Crippen LogP) is 4.31. The van der Waals surface area contributed by atoms with E-state index in [-0.39, 0.29) is 29.8 Å². The lowest BCUT2D eigenvalue weighted by atomic mass is 9.88. The smallest absolute Gasteiger partial charge is 0.305 e. The maximum atomic E-state index is 11.1. The van der Waals surface area contributed by atoms with Crippen LogP contribution in [0.2, 0.25) is 0 Å². The van der Waals surface area contributed by atoms with E-state index in [9.17, 15) is 15.0 Å². The molecule has 1 aliphatic carbocycles. The topological polar surface area (TPSA) is 116 Å². The molecule has 1 unspecified atom stereocenters. The van der Waals surface area contributed by atoms with Gasteiger partial charge in [0, 0.05) is 36.1 Å². The van der Waals surface area contributed by atoms with Crippen LogP contribution in [0.1, 0.15) is 58.8 Å². The first-order chi connectivity index (χ1) is 14.4. The van der Waals surface area contributed by atoms with E-state index < -0.39 is 12.2 Å². The molecule has 0 amide bonds. The Bertz CT molecular complexity index is 688. The van der Waals surface area contributed by atoms with Crippen LogP contribution in [0.25, 0.3) is 10.4 Å². The van der Waals surface area contributed by atoms with E-state index in [1.807, 2.05) is 32.1 Å². The monoisotopic (exact) mass is 417 g/mol. The van der Waals surface area contributed by atoms with E-state index in [0.29, 0.717) is 32.1 Å². The molecule has 0 aliphatic heterocycles. The third-order valence-electron chi connectivity index (χ3n) is 5.51. The van der Waals surface area contributed by atoms with Gasteiger partial charge in [-0.1, -0.05) is 43.3 Å². The van der Waals surface area contributed by atoms with Crippen LogP contribution in [0.4, 0.5) is 0 Å². The van der Waals surface area contributed by atoms with Gasteiger partial charge in [0.2, 0.25) is 0 Å². The molecule has 0 spiro atoms. The molecule has 0 aromatic rings. The molecule has 166 valence electrons. The summed E-state index contributed by atoms with van der Waals surface area (Å²) in [6, 6.07) is -0.288. The van der Waals surface area contributed by atoms with Gasteiger partial charge >= 0.3 is 5.97 Å². The predicted molar refractivity (Wildman–Crippen MR) is 117 cm³/mol. The first kappa shape index (κ1) is 25.8. The Balaban J connectivity index is 2.71. The lowest BCUT2D eigenvalue weighted by Crippen LogP contribution is -2.21. The number of ether oxygens (including phenoxy) is 1. The van der Waals surface area contributed by atoms with Crippen molar-refractivity contribution in [1.82, 2.24) is 0 Å². The third kappa shape index (κ3) is 9.04. The molecule has 1 fully saturated rings. The van der Waals surface area contributed by atoms with Crippen molar-refractivity contribution in [3.63, 3.8) is 0 Å². The van der Waals surface area contributed by atoms with Crippen molar-refractivity contribution in [3.05, 3.63) is 34.7 Å². The number of rotatable bonds is 11. The number of esters is 1. The second kappa shape index (κ2) is 14.7. The fourth-order valence-corrected chi connectivity index (χ4v) is 3.65. The quantitative estimate of drug-likeness (QED) is 0.0991. The van der Waals surface area contributed by atoms with Crippen molar-refractivity contribution in [1.29, 1.82) is 0 Å². The van der Waals surface area contributed by atoms with Crippen molar-refractivity contribution in [3.8, 4) is 11.8 Å². The Kier molecular flexibility index (Phi) is 12.6. The first-order valence-corrected chi connectivity index (χ1v) is 10.7. The molecule has 2 N–H and O–H groups in total. The molecule has 7 nitrogen and oxygen atoms in total. The summed E-state index contributed by atoms with van der Waals surface area (Å²) in [5.41, 5.74) is 8.87. The molecule has 0 aromatic heterocycles. The average molecular weight is 418 g/mol. The summed E-state index contributed by atoms with van der Waals surface area (Å²) in [6.45, 7) is 3.94. The van der Waals surface area contributed by atoms with Gasteiger partial charge in [-0.3, -0.25) is 4.79 Å². The number of aliphatic hydroxyl groups excluding tert-OH is 2. The van der Waals surface area contributed by atoms with E-state index in [0.717, 1.165) is 12.8 Å². The molecule has 0 saturated heterocycles. The number of unbranched alkanes of at least 4 members (excludes halogenated alkanes) is 1. The van der Waals surface area contributed by atoms with Crippen molar-refractivity contribution >= 4 is 5.97 Å². The molecule has 0 aromatic carbocycles. The highest BCUT2D eigenvalue weighted by Gasteiger charge is 2.40. The van der Waals surface area contributed by atoms with Gasteiger partial charge in [0.05, 0.1) is 19.3 Å². The number of carbonyl (C=O) groups excluding carboxylic acids is 1. The highest BCUT2D eigenvalue weighted by atomic mass is 16.5. The lowest BCUT2D eigenvalue weighted by molar-refractivity contribution is -0.140. The molecule has 0 heterocycles. The van der Waals surface area contributed by atoms with Gasteiger partial charge in [-0.25, -0.2) is 0 Å². The van der Waals surface area contributed by atoms with Crippen LogP contribution in [0, 0.1) is 29.6 Å². The van der Waals surface area contributed by atoms with Crippen LogP contribution in [-0.4, -0.2) is 41.5 Å². The number of hydrogen-bond acceptors (Lipinski definition) is 5. The van der Waals surface area contributed by atoms with E-state index in [1.54, 1.807) is 6.08 Å².